The molecule has 0 saturated carbocycles. The Morgan fingerprint density at radius 2 is 1.14 bits per heavy atom. The number of hydrogen-bond acceptors (Lipinski definition) is 4. The zero-order chi connectivity index (χ0) is 37.4. The van der Waals surface area contributed by atoms with Gasteiger partial charge in [-0.25, -0.2) is 15.0 Å². The lowest BCUT2D eigenvalue weighted by Gasteiger charge is -2.09. The number of benzene rings is 7. The molecule has 5 nitrogen and oxygen atoms in total. The first-order valence-electron chi connectivity index (χ1n) is 18.8. The summed E-state index contributed by atoms with van der Waals surface area (Å²) >= 11 is 0. The lowest BCUT2D eigenvalue weighted by Crippen LogP contribution is -2.00. The van der Waals surface area contributed by atoms with E-state index in [1.54, 1.807) is 0 Å². The summed E-state index contributed by atoms with van der Waals surface area (Å²) in [5.41, 5.74) is 7.80. The summed E-state index contributed by atoms with van der Waals surface area (Å²) in [6, 6.07) is 44.4. The van der Waals surface area contributed by atoms with E-state index in [0.29, 0.717) is 28.1 Å². The van der Waals surface area contributed by atoms with Crippen LogP contribution in [-0.4, -0.2) is 19.5 Å². The molecule has 10 aromatic rings. The van der Waals surface area contributed by atoms with Crippen LogP contribution >= 0.6 is 0 Å². The molecule has 0 fully saturated rings. The van der Waals surface area contributed by atoms with Crippen LogP contribution in [0.4, 0.5) is 0 Å². The largest absolute Gasteiger partial charge is 0.455 e. The zero-order valence-electron chi connectivity index (χ0n) is 31.5. The molecular weight excluding hydrogens is 613 g/mol. The molecule has 234 valence electrons. The highest BCUT2D eigenvalue weighted by atomic mass is 16.3. The molecule has 0 atom stereocenters. The van der Waals surface area contributed by atoms with Crippen molar-refractivity contribution in [2.45, 2.75) is 0 Å². The van der Waals surface area contributed by atoms with Crippen molar-refractivity contribution in [3.05, 3.63) is 170 Å². The maximum absolute atomic E-state index is 8.68. The van der Waals surface area contributed by atoms with E-state index in [1.807, 2.05) is 66.7 Å². The Morgan fingerprint density at radius 1 is 0.480 bits per heavy atom. The molecule has 0 saturated heterocycles. The van der Waals surface area contributed by atoms with E-state index in [2.05, 4.69) is 82.3 Å². The van der Waals surface area contributed by atoms with Crippen LogP contribution in [0.2, 0.25) is 0 Å². The Hall–Kier alpha value is -6.85. The lowest BCUT2D eigenvalue weighted by molar-refractivity contribution is 0.669. The molecule has 50 heavy (non-hydrogen) atoms. The molecule has 3 heterocycles. The smallest absolute Gasteiger partial charge is 0.167 e. The van der Waals surface area contributed by atoms with Crippen molar-refractivity contribution >= 4 is 43.7 Å². The van der Waals surface area contributed by atoms with Crippen molar-refractivity contribution in [2.24, 2.45) is 0 Å². The number of fused-ring (bicyclic) bond motifs is 6. The average molecular weight is 646 g/mol. The van der Waals surface area contributed by atoms with Gasteiger partial charge in [-0.05, 0) is 53.6 Å². The van der Waals surface area contributed by atoms with Crippen LogP contribution in [0.25, 0.3) is 94.7 Å². The van der Waals surface area contributed by atoms with E-state index >= 15 is 0 Å². The van der Waals surface area contributed by atoms with Gasteiger partial charge in [0.05, 0.1) is 23.5 Å². The molecule has 0 N–H and O–H groups in total. The van der Waals surface area contributed by atoms with Gasteiger partial charge in [0, 0.05) is 38.4 Å². The lowest BCUT2D eigenvalue weighted by atomic mass is 9.97. The van der Waals surface area contributed by atoms with E-state index in [0.717, 1.165) is 49.4 Å². The predicted octanol–water partition coefficient (Wildman–Crippen LogP) is 11.5. The summed E-state index contributed by atoms with van der Waals surface area (Å²) in [7, 11) is 0. The minimum absolute atomic E-state index is 0.0300. The molecule has 0 aliphatic heterocycles. The molecular formula is C45H28N4O. The first kappa shape index (κ1) is 23.5. The van der Waals surface area contributed by atoms with Crippen LogP contribution in [0.3, 0.4) is 0 Å². The molecule has 0 unspecified atom stereocenters. The number of aromatic nitrogens is 4. The standard InChI is InChI=1S/C45H28N4O/c1-4-14-29(15-5-1)43-46-44(30-16-6-2-7-17-30)48-45(47-43)36-23-12-22-35-41-33(21-13-25-40(41)50-42(35)36)31-26-27-39-37(28-31)34-20-10-11-24-38(34)49(39)32-18-8-3-9-19-32/h1-28H/i1D,4D,5D,14D,15D. The van der Waals surface area contributed by atoms with Gasteiger partial charge in [0.2, 0.25) is 0 Å². The minimum Gasteiger partial charge on any atom is -0.455 e. The Kier molecular flexibility index (Phi) is 5.35. The van der Waals surface area contributed by atoms with Crippen molar-refractivity contribution < 1.29 is 11.3 Å². The summed E-state index contributed by atoms with van der Waals surface area (Å²) < 4.78 is 51.1. The summed E-state index contributed by atoms with van der Waals surface area (Å²) in [4.78, 5) is 14.3. The molecule has 7 aromatic carbocycles. The Bertz CT molecular complexity index is 3130. The number of nitrogens with zero attached hydrogens (tertiary/aromatic N) is 4. The molecule has 10 rings (SSSR count). The van der Waals surface area contributed by atoms with Gasteiger partial charge in [0.1, 0.15) is 11.2 Å². The number of para-hydroxylation sites is 3. The van der Waals surface area contributed by atoms with Gasteiger partial charge < -0.3 is 8.98 Å². The highest BCUT2D eigenvalue weighted by Crippen LogP contribution is 2.42. The summed E-state index contributed by atoms with van der Waals surface area (Å²) in [6.07, 6.45) is 0. The zero-order valence-corrected chi connectivity index (χ0v) is 26.5. The van der Waals surface area contributed by atoms with Crippen LogP contribution in [0.1, 0.15) is 6.85 Å². The maximum Gasteiger partial charge on any atom is 0.167 e. The third-order valence-electron chi connectivity index (χ3n) is 9.15. The fourth-order valence-corrected chi connectivity index (χ4v) is 6.95. The first-order chi connectivity index (χ1) is 26.9. The van der Waals surface area contributed by atoms with Crippen molar-refractivity contribution in [3.63, 3.8) is 0 Å². The van der Waals surface area contributed by atoms with Crippen molar-refractivity contribution in [2.75, 3.05) is 0 Å². The average Bonchev–Trinajstić information content (AvgIpc) is 3.78. The van der Waals surface area contributed by atoms with Gasteiger partial charge >= 0.3 is 0 Å². The molecule has 0 amide bonds. The van der Waals surface area contributed by atoms with Gasteiger partial charge in [-0.3, -0.25) is 0 Å². The van der Waals surface area contributed by atoms with E-state index in [-0.39, 0.29) is 17.2 Å². The number of rotatable bonds is 5. The van der Waals surface area contributed by atoms with Gasteiger partial charge in [0.15, 0.2) is 17.5 Å². The highest BCUT2D eigenvalue weighted by Gasteiger charge is 2.20. The first-order valence-corrected chi connectivity index (χ1v) is 16.3. The van der Waals surface area contributed by atoms with Gasteiger partial charge in [0.25, 0.3) is 0 Å². The molecule has 0 radical (unpaired) electrons. The number of furan rings is 1. The fraction of sp³-hybridized carbons (Fsp3) is 0. The van der Waals surface area contributed by atoms with E-state index in [9.17, 15) is 0 Å². The van der Waals surface area contributed by atoms with Crippen LogP contribution in [-0.2, 0) is 0 Å². The quantitative estimate of drug-likeness (QED) is 0.187. The third-order valence-corrected chi connectivity index (χ3v) is 9.15. The van der Waals surface area contributed by atoms with Crippen LogP contribution < -0.4 is 0 Å². The second-order valence-electron chi connectivity index (χ2n) is 12.1. The Balaban J connectivity index is 1.19. The van der Waals surface area contributed by atoms with Crippen LogP contribution in [0, 0.1) is 0 Å². The SMILES string of the molecule is [2H]c1c([2H])c([2H])c(-c2nc(-c3ccccc3)nc(-c3cccc4c3oc3cccc(-c5ccc6c(c5)c5ccccc5n6-c5ccccc5)c34)n2)c([2H])c1[2H]. The van der Waals surface area contributed by atoms with E-state index < -0.39 is 30.2 Å². The summed E-state index contributed by atoms with van der Waals surface area (Å²) in [6.45, 7) is 0. The molecule has 0 spiro atoms. The second kappa shape index (κ2) is 11.4. The maximum atomic E-state index is 8.68. The van der Waals surface area contributed by atoms with E-state index in [1.165, 1.54) is 0 Å². The summed E-state index contributed by atoms with van der Waals surface area (Å²) in [5.74, 6) is 0.513. The topological polar surface area (TPSA) is 56.7 Å². The van der Waals surface area contributed by atoms with Crippen LogP contribution in [0.15, 0.2) is 174 Å². The highest BCUT2D eigenvalue weighted by molar-refractivity contribution is 6.17. The van der Waals surface area contributed by atoms with Gasteiger partial charge in [-0.1, -0.05) is 127 Å². The van der Waals surface area contributed by atoms with E-state index in [4.69, 9.17) is 21.2 Å². The molecule has 0 aliphatic carbocycles. The fourth-order valence-electron chi connectivity index (χ4n) is 6.95. The molecule has 3 aromatic heterocycles. The second-order valence-corrected chi connectivity index (χ2v) is 12.1. The molecule has 5 heteroatoms. The van der Waals surface area contributed by atoms with Gasteiger partial charge in [-0.15, -0.1) is 0 Å². The molecule has 0 aliphatic rings. The minimum atomic E-state index is -0.486. The van der Waals surface area contributed by atoms with Crippen molar-refractivity contribution in [1.29, 1.82) is 0 Å². The predicted molar refractivity (Wildman–Crippen MR) is 203 cm³/mol. The van der Waals surface area contributed by atoms with Crippen molar-refractivity contribution in [3.8, 4) is 51.0 Å². The third kappa shape index (κ3) is 4.52. The Morgan fingerprint density at radius 3 is 1.98 bits per heavy atom. The molecule has 0 bridgehead atoms. The number of hydrogen-bond donors (Lipinski definition) is 0. The monoisotopic (exact) mass is 645 g/mol. The normalized spacial score (nSPS) is 13.0. The van der Waals surface area contributed by atoms with Crippen molar-refractivity contribution in [1.82, 2.24) is 19.5 Å². The van der Waals surface area contributed by atoms with Crippen LogP contribution in [0.5, 0.6) is 0 Å². The Labute approximate surface area is 294 Å². The summed E-state index contributed by atoms with van der Waals surface area (Å²) in [5, 5.41) is 4.10. The van der Waals surface area contributed by atoms with Gasteiger partial charge in [-0.2, -0.15) is 0 Å².